The van der Waals surface area contributed by atoms with Gasteiger partial charge in [0.05, 0.1) is 6.54 Å². The summed E-state index contributed by atoms with van der Waals surface area (Å²) in [6.45, 7) is 6.44. The Morgan fingerprint density at radius 3 is 2.56 bits per heavy atom. The summed E-state index contributed by atoms with van der Waals surface area (Å²) in [7, 11) is 0. The number of carbonyl (C=O) groups is 1. The molecule has 0 bridgehead atoms. The molecule has 1 amide bonds. The molecule has 1 aromatic rings. The first-order chi connectivity index (χ1) is 8.69. The fourth-order valence-corrected chi connectivity index (χ4v) is 2.21. The number of aryl methyl sites for hydroxylation is 1. The lowest BCUT2D eigenvalue weighted by atomic mass is 10.1. The number of hydrogen-bond acceptors (Lipinski definition) is 3. The van der Waals surface area contributed by atoms with Crippen molar-refractivity contribution in [2.24, 2.45) is 5.73 Å². The second-order valence-electron chi connectivity index (χ2n) is 4.87. The standard InChI is InChI=1S/C14H21N3O/c1-12-2-4-13(5-3-12)10-17-9-8-16(7-6-15)11-14(17)18/h2-5H,6-11,15H2,1H3. The van der Waals surface area contributed by atoms with Gasteiger partial charge in [-0.15, -0.1) is 0 Å². The minimum Gasteiger partial charge on any atom is -0.336 e. The van der Waals surface area contributed by atoms with Crippen molar-refractivity contribution in [1.82, 2.24) is 9.80 Å². The third-order valence-electron chi connectivity index (χ3n) is 3.34. The van der Waals surface area contributed by atoms with Crippen molar-refractivity contribution >= 4 is 5.91 Å². The van der Waals surface area contributed by atoms with Crippen LogP contribution in [0.25, 0.3) is 0 Å². The highest BCUT2D eigenvalue weighted by Crippen LogP contribution is 2.10. The Hall–Kier alpha value is -1.39. The fourth-order valence-electron chi connectivity index (χ4n) is 2.21. The van der Waals surface area contributed by atoms with Gasteiger partial charge in [0.25, 0.3) is 0 Å². The summed E-state index contributed by atoms with van der Waals surface area (Å²) in [6, 6.07) is 8.36. The molecule has 1 fully saturated rings. The van der Waals surface area contributed by atoms with Crippen LogP contribution in [0.1, 0.15) is 11.1 Å². The molecule has 18 heavy (non-hydrogen) atoms. The summed E-state index contributed by atoms with van der Waals surface area (Å²) in [5.41, 5.74) is 7.95. The van der Waals surface area contributed by atoms with E-state index in [1.165, 1.54) is 11.1 Å². The first kappa shape index (κ1) is 13.1. The summed E-state index contributed by atoms with van der Waals surface area (Å²) in [4.78, 5) is 16.0. The van der Waals surface area contributed by atoms with E-state index in [1.54, 1.807) is 0 Å². The molecule has 1 saturated heterocycles. The molecule has 1 heterocycles. The predicted molar refractivity (Wildman–Crippen MR) is 72.1 cm³/mol. The van der Waals surface area contributed by atoms with E-state index in [0.717, 1.165) is 26.2 Å². The lowest BCUT2D eigenvalue weighted by molar-refractivity contribution is -0.136. The van der Waals surface area contributed by atoms with Gasteiger partial charge < -0.3 is 10.6 Å². The Morgan fingerprint density at radius 1 is 1.22 bits per heavy atom. The van der Waals surface area contributed by atoms with Gasteiger partial charge in [0.2, 0.25) is 5.91 Å². The average molecular weight is 247 g/mol. The molecular formula is C14H21N3O. The van der Waals surface area contributed by atoms with Crippen molar-refractivity contribution in [2.75, 3.05) is 32.7 Å². The van der Waals surface area contributed by atoms with Crippen LogP contribution in [0.15, 0.2) is 24.3 Å². The van der Waals surface area contributed by atoms with Crippen molar-refractivity contribution in [3.63, 3.8) is 0 Å². The smallest absolute Gasteiger partial charge is 0.237 e. The van der Waals surface area contributed by atoms with Crippen LogP contribution < -0.4 is 5.73 Å². The lowest BCUT2D eigenvalue weighted by Gasteiger charge is -2.34. The Bertz CT molecular complexity index is 402. The molecule has 0 unspecified atom stereocenters. The maximum absolute atomic E-state index is 12.0. The SMILES string of the molecule is Cc1ccc(CN2CCN(CCN)CC2=O)cc1. The number of piperazine rings is 1. The largest absolute Gasteiger partial charge is 0.336 e. The number of nitrogens with two attached hydrogens (primary N) is 1. The normalized spacial score (nSPS) is 17.2. The fraction of sp³-hybridized carbons (Fsp3) is 0.500. The number of benzene rings is 1. The summed E-state index contributed by atoms with van der Waals surface area (Å²) in [6.07, 6.45) is 0. The van der Waals surface area contributed by atoms with Crippen LogP contribution in [0.4, 0.5) is 0 Å². The molecule has 0 aliphatic carbocycles. The second-order valence-corrected chi connectivity index (χ2v) is 4.87. The summed E-state index contributed by atoms with van der Waals surface area (Å²) in [5.74, 6) is 0.204. The first-order valence-electron chi connectivity index (χ1n) is 6.45. The van der Waals surface area contributed by atoms with Crippen molar-refractivity contribution in [3.05, 3.63) is 35.4 Å². The first-order valence-corrected chi connectivity index (χ1v) is 6.45. The van der Waals surface area contributed by atoms with E-state index < -0.39 is 0 Å². The Balaban J connectivity index is 1.91. The van der Waals surface area contributed by atoms with E-state index in [0.29, 0.717) is 13.1 Å². The molecule has 1 aliphatic rings. The third-order valence-corrected chi connectivity index (χ3v) is 3.34. The third kappa shape index (κ3) is 3.31. The zero-order chi connectivity index (χ0) is 13.0. The van der Waals surface area contributed by atoms with Gasteiger partial charge in [0, 0.05) is 32.7 Å². The van der Waals surface area contributed by atoms with Gasteiger partial charge in [-0.25, -0.2) is 0 Å². The molecule has 4 heteroatoms. The van der Waals surface area contributed by atoms with Crippen molar-refractivity contribution in [2.45, 2.75) is 13.5 Å². The molecule has 0 atom stereocenters. The van der Waals surface area contributed by atoms with Crippen LogP contribution >= 0.6 is 0 Å². The van der Waals surface area contributed by atoms with Crippen LogP contribution in [0, 0.1) is 6.92 Å². The molecule has 0 radical (unpaired) electrons. The van der Waals surface area contributed by atoms with Gasteiger partial charge in [0.15, 0.2) is 0 Å². The molecule has 1 aliphatic heterocycles. The Morgan fingerprint density at radius 2 is 1.94 bits per heavy atom. The van der Waals surface area contributed by atoms with Crippen LogP contribution in [0.3, 0.4) is 0 Å². The number of hydrogen-bond donors (Lipinski definition) is 1. The zero-order valence-electron chi connectivity index (χ0n) is 10.9. The van der Waals surface area contributed by atoms with E-state index in [-0.39, 0.29) is 5.91 Å². The zero-order valence-corrected chi connectivity index (χ0v) is 10.9. The minimum atomic E-state index is 0.204. The van der Waals surface area contributed by atoms with Gasteiger partial charge in [0.1, 0.15) is 0 Å². The van der Waals surface area contributed by atoms with Gasteiger partial charge >= 0.3 is 0 Å². The van der Waals surface area contributed by atoms with Gasteiger partial charge in [-0.3, -0.25) is 9.69 Å². The quantitative estimate of drug-likeness (QED) is 0.847. The van der Waals surface area contributed by atoms with Gasteiger partial charge in [-0.2, -0.15) is 0 Å². The monoisotopic (exact) mass is 247 g/mol. The predicted octanol–water partition coefficient (Wildman–Crippen LogP) is 0.598. The molecule has 2 rings (SSSR count). The molecule has 1 aromatic carbocycles. The number of nitrogens with zero attached hydrogens (tertiary/aromatic N) is 2. The van der Waals surface area contributed by atoms with Crippen LogP contribution in [0.2, 0.25) is 0 Å². The Kier molecular flexibility index (Phi) is 4.33. The van der Waals surface area contributed by atoms with Gasteiger partial charge in [-0.05, 0) is 12.5 Å². The van der Waals surface area contributed by atoms with E-state index >= 15 is 0 Å². The van der Waals surface area contributed by atoms with Crippen LogP contribution in [0.5, 0.6) is 0 Å². The molecule has 0 aromatic heterocycles. The highest BCUT2D eigenvalue weighted by atomic mass is 16.2. The maximum atomic E-state index is 12.0. The summed E-state index contributed by atoms with van der Waals surface area (Å²) in [5, 5.41) is 0. The van der Waals surface area contributed by atoms with E-state index in [9.17, 15) is 4.79 Å². The molecule has 0 spiro atoms. The van der Waals surface area contributed by atoms with Crippen molar-refractivity contribution < 1.29 is 4.79 Å². The van der Waals surface area contributed by atoms with Crippen LogP contribution in [-0.2, 0) is 11.3 Å². The van der Waals surface area contributed by atoms with Gasteiger partial charge in [-0.1, -0.05) is 29.8 Å². The van der Waals surface area contributed by atoms with E-state index in [2.05, 4.69) is 36.1 Å². The lowest BCUT2D eigenvalue weighted by Crippen LogP contribution is -2.50. The number of rotatable bonds is 4. The topological polar surface area (TPSA) is 49.6 Å². The van der Waals surface area contributed by atoms with E-state index in [1.807, 2.05) is 4.90 Å². The molecular weight excluding hydrogens is 226 g/mol. The summed E-state index contributed by atoms with van der Waals surface area (Å²) >= 11 is 0. The minimum absolute atomic E-state index is 0.204. The number of amides is 1. The Labute approximate surface area is 108 Å². The highest BCUT2D eigenvalue weighted by Gasteiger charge is 2.23. The summed E-state index contributed by atoms with van der Waals surface area (Å²) < 4.78 is 0. The van der Waals surface area contributed by atoms with Crippen LogP contribution in [-0.4, -0.2) is 48.4 Å². The molecule has 4 nitrogen and oxygen atoms in total. The second kappa shape index (κ2) is 5.98. The number of carbonyl (C=O) groups excluding carboxylic acids is 1. The van der Waals surface area contributed by atoms with Crippen molar-refractivity contribution in [1.29, 1.82) is 0 Å². The van der Waals surface area contributed by atoms with Crippen molar-refractivity contribution in [3.8, 4) is 0 Å². The molecule has 98 valence electrons. The molecule has 2 N–H and O–H groups in total. The maximum Gasteiger partial charge on any atom is 0.237 e. The molecule has 0 saturated carbocycles. The highest BCUT2D eigenvalue weighted by molar-refractivity contribution is 5.79. The average Bonchev–Trinajstić information content (AvgIpc) is 2.36. The van der Waals surface area contributed by atoms with E-state index in [4.69, 9.17) is 5.73 Å².